The molecule has 2 heterocycles. The van der Waals surface area contributed by atoms with Crippen LogP contribution in [0.25, 0.3) is 0 Å². The van der Waals surface area contributed by atoms with Crippen molar-refractivity contribution in [3.8, 4) is 5.75 Å². The summed E-state index contributed by atoms with van der Waals surface area (Å²) in [6, 6.07) is 12.8. The number of anilines is 2. The normalized spacial score (nSPS) is 15.9. The van der Waals surface area contributed by atoms with Gasteiger partial charge in [-0.3, -0.25) is 14.9 Å². The molecule has 160 valence electrons. The molecule has 7 nitrogen and oxygen atoms in total. The molecule has 0 bridgehead atoms. The van der Waals surface area contributed by atoms with Crippen LogP contribution in [-0.4, -0.2) is 35.2 Å². The van der Waals surface area contributed by atoms with Gasteiger partial charge in [-0.15, -0.1) is 10.2 Å². The SMILES string of the molecule is Cc1ccc(N2C[C@@H](c3nnc(NC(=O)COc4ccc(Cl)cc4)s3)CC2=O)cc1C. The fraction of sp³-hybridized carbons (Fsp3) is 0.273. The Kier molecular flexibility index (Phi) is 6.20. The molecular weight excluding hydrogens is 436 g/mol. The molecule has 2 amide bonds. The number of hydrogen-bond acceptors (Lipinski definition) is 6. The fourth-order valence-corrected chi connectivity index (χ4v) is 4.28. The summed E-state index contributed by atoms with van der Waals surface area (Å²) in [5.41, 5.74) is 3.24. The average molecular weight is 457 g/mol. The van der Waals surface area contributed by atoms with E-state index in [9.17, 15) is 9.59 Å². The highest BCUT2D eigenvalue weighted by Crippen LogP contribution is 2.34. The molecule has 9 heteroatoms. The number of rotatable bonds is 6. The number of carbonyl (C=O) groups excluding carboxylic acids is 2. The molecule has 3 aromatic rings. The third-order valence-corrected chi connectivity index (χ3v) is 6.40. The van der Waals surface area contributed by atoms with Gasteiger partial charge in [0.05, 0.1) is 0 Å². The van der Waals surface area contributed by atoms with Crippen molar-refractivity contribution >= 4 is 45.6 Å². The summed E-state index contributed by atoms with van der Waals surface area (Å²) in [5, 5.41) is 12.6. The van der Waals surface area contributed by atoms with Crippen LogP contribution in [0.15, 0.2) is 42.5 Å². The molecule has 1 saturated heterocycles. The van der Waals surface area contributed by atoms with Crippen molar-refractivity contribution in [3.63, 3.8) is 0 Å². The Morgan fingerprint density at radius 3 is 2.71 bits per heavy atom. The molecule has 31 heavy (non-hydrogen) atoms. The summed E-state index contributed by atoms with van der Waals surface area (Å²) in [6.45, 7) is 4.47. The number of nitrogens with one attached hydrogen (secondary N) is 1. The molecule has 1 aromatic heterocycles. The molecule has 1 N–H and O–H groups in total. The topological polar surface area (TPSA) is 84.4 Å². The van der Waals surface area contributed by atoms with Crippen molar-refractivity contribution in [3.05, 3.63) is 63.6 Å². The molecule has 1 atom stereocenters. The van der Waals surface area contributed by atoms with Crippen molar-refractivity contribution in [1.82, 2.24) is 10.2 Å². The van der Waals surface area contributed by atoms with E-state index in [1.807, 2.05) is 32.0 Å². The second-order valence-electron chi connectivity index (χ2n) is 7.41. The average Bonchev–Trinajstić information content (AvgIpc) is 3.36. The number of halogens is 1. The molecule has 1 aliphatic heterocycles. The van der Waals surface area contributed by atoms with Gasteiger partial charge in [-0.1, -0.05) is 29.0 Å². The van der Waals surface area contributed by atoms with Gasteiger partial charge in [0.2, 0.25) is 11.0 Å². The Morgan fingerprint density at radius 1 is 1.19 bits per heavy atom. The Morgan fingerprint density at radius 2 is 1.97 bits per heavy atom. The minimum atomic E-state index is -0.336. The lowest BCUT2D eigenvalue weighted by molar-refractivity contribution is -0.118. The van der Waals surface area contributed by atoms with E-state index >= 15 is 0 Å². The van der Waals surface area contributed by atoms with Crippen LogP contribution in [-0.2, 0) is 9.59 Å². The number of nitrogens with zero attached hydrogens (tertiary/aromatic N) is 3. The number of benzene rings is 2. The third kappa shape index (κ3) is 5.03. The van der Waals surface area contributed by atoms with Gasteiger partial charge in [0.15, 0.2) is 6.61 Å². The summed E-state index contributed by atoms with van der Waals surface area (Å²) in [7, 11) is 0. The van der Waals surface area contributed by atoms with E-state index in [1.54, 1.807) is 29.2 Å². The Bertz CT molecular complexity index is 1120. The first kappa shape index (κ1) is 21.3. The summed E-state index contributed by atoms with van der Waals surface area (Å²) >= 11 is 7.11. The summed E-state index contributed by atoms with van der Waals surface area (Å²) in [5.74, 6) is 0.221. The van der Waals surface area contributed by atoms with Crippen molar-refractivity contribution in [2.24, 2.45) is 0 Å². The predicted molar refractivity (Wildman–Crippen MR) is 121 cm³/mol. The molecule has 0 spiro atoms. The first-order valence-corrected chi connectivity index (χ1v) is 11.0. The molecule has 1 fully saturated rings. The Hall–Kier alpha value is -2.97. The summed E-state index contributed by atoms with van der Waals surface area (Å²) in [4.78, 5) is 26.5. The van der Waals surface area contributed by atoms with E-state index in [1.165, 1.54) is 16.9 Å². The minimum absolute atomic E-state index is 0.0532. The highest BCUT2D eigenvalue weighted by Gasteiger charge is 2.34. The van der Waals surface area contributed by atoms with Gasteiger partial charge in [-0.25, -0.2) is 0 Å². The van der Waals surface area contributed by atoms with Crippen LogP contribution in [0, 0.1) is 13.8 Å². The summed E-state index contributed by atoms with van der Waals surface area (Å²) < 4.78 is 5.43. The maximum atomic E-state index is 12.6. The number of amides is 2. The fourth-order valence-electron chi connectivity index (χ4n) is 3.30. The zero-order valence-corrected chi connectivity index (χ0v) is 18.7. The number of ether oxygens (including phenoxy) is 1. The lowest BCUT2D eigenvalue weighted by Gasteiger charge is -2.17. The van der Waals surface area contributed by atoms with Crippen molar-refractivity contribution in [2.75, 3.05) is 23.4 Å². The Balaban J connectivity index is 1.35. The highest BCUT2D eigenvalue weighted by molar-refractivity contribution is 7.15. The zero-order valence-electron chi connectivity index (χ0n) is 17.1. The van der Waals surface area contributed by atoms with Crippen molar-refractivity contribution < 1.29 is 14.3 Å². The maximum Gasteiger partial charge on any atom is 0.264 e. The van der Waals surface area contributed by atoms with Gasteiger partial charge in [0.25, 0.3) is 5.91 Å². The van der Waals surface area contributed by atoms with Gasteiger partial charge in [0, 0.05) is 29.6 Å². The maximum absolute atomic E-state index is 12.6. The third-order valence-electron chi connectivity index (χ3n) is 5.15. The van der Waals surface area contributed by atoms with Gasteiger partial charge in [-0.05, 0) is 61.4 Å². The van der Waals surface area contributed by atoms with E-state index in [4.69, 9.17) is 16.3 Å². The number of carbonyl (C=O) groups is 2. The van der Waals surface area contributed by atoms with E-state index in [0.717, 1.165) is 16.3 Å². The van der Waals surface area contributed by atoms with E-state index in [-0.39, 0.29) is 24.3 Å². The second-order valence-corrected chi connectivity index (χ2v) is 8.86. The predicted octanol–water partition coefficient (Wildman–Crippen LogP) is 4.35. The standard InChI is InChI=1S/C22H21ClN4O3S/c1-13-3-6-17(9-14(13)2)27-11-15(10-20(27)29)21-25-26-22(31-21)24-19(28)12-30-18-7-4-16(23)5-8-18/h3-9,15H,10-12H2,1-2H3,(H,24,26,28)/t15-/m0/s1. The molecule has 4 rings (SSSR count). The van der Waals surface area contributed by atoms with Crippen molar-refractivity contribution in [1.29, 1.82) is 0 Å². The lowest BCUT2D eigenvalue weighted by Crippen LogP contribution is -2.24. The number of hydrogen-bond donors (Lipinski definition) is 1. The summed E-state index contributed by atoms with van der Waals surface area (Å²) in [6.07, 6.45) is 0.370. The number of aryl methyl sites for hydroxylation is 2. The quantitative estimate of drug-likeness (QED) is 0.596. The van der Waals surface area contributed by atoms with Crippen molar-refractivity contribution in [2.45, 2.75) is 26.2 Å². The van der Waals surface area contributed by atoms with Crippen LogP contribution in [0.5, 0.6) is 5.75 Å². The van der Waals surface area contributed by atoms with Crippen LogP contribution in [0.2, 0.25) is 5.02 Å². The largest absolute Gasteiger partial charge is 0.484 e. The molecule has 0 unspecified atom stereocenters. The van der Waals surface area contributed by atoms with Gasteiger partial charge < -0.3 is 9.64 Å². The number of aromatic nitrogens is 2. The minimum Gasteiger partial charge on any atom is -0.484 e. The zero-order chi connectivity index (χ0) is 22.0. The molecule has 0 radical (unpaired) electrons. The Labute approximate surface area is 189 Å². The lowest BCUT2D eigenvalue weighted by atomic mass is 10.1. The van der Waals surface area contributed by atoms with Gasteiger partial charge in [0.1, 0.15) is 10.8 Å². The van der Waals surface area contributed by atoms with Gasteiger partial charge >= 0.3 is 0 Å². The highest BCUT2D eigenvalue weighted by atomic mass is 35.5. The smallest absolute Gasteiger partial charge is 0.264 e. The van der Waals surface area contributed by atoms with Crippen LogP contribution in [0.3, 0.4) is 0 Å². The monoisotopic (exact) mass is 456 g/mol. The molecule has 0 aliphatic carbocycles. The molecule has 2 aromatic carbocycles. The molecular formula is C22H21ClN4O3S. The second kappa shape index (κ2) is 9.03. The first-order chi connectivity index (χ1) is 14.9. The van der Waals surface area contributed by atoms with E-state index < -0.39 is 0 Å². The van der Waals surface area contributed by atoms with Gasteiger partial charge in [-0.2, -0.15) is 0 Å². The van der Waals surface area contributed by atoms with E-state index in [2.05, 4.69) is 15.5 Å². The van der Waals surface area contributed by atoms with Crippen LogP contribution < -0.4 is 15.0 Å². The van der Waals surface area contributed by atoms with E-state index in [0.29, 0.717) is 28.9 Å². The van der Waals surface area contributed by atoms with Crippen LogP contribution in [0.1, 0.15) is 28.5 Å². The molecule has 0 saturated carbocycles. The molecule has 1 aliphatic rings. The van der Waals surface area contributed by atoms with Crippen LogP contribution in [0.4, 0.5) is 10.8 Å². The van der Waals surface area contributed by atoms with Crippen LogP contribution >= 0.6 is 22.9 Å². The first-order valence-electron chi connectivity index (χ1n) is 9.78.